The van der Waals surface area contributed by atoms with E-state index in [1.54, 1.807) is 0 Å². The summed E-state index contributed by atoms with van der Waals surface area (Å²) in [5.41, 5.74) is 0. The van der Waals surface area contributed by atoms with E-state index < -0.39 is 40.0 Å². The van der Waals surface area contributed by atoms with Gasteiger partial charge in [0.15, 0.2) is 0 Å². The largest absolute Gasteiger partial charge is 0.391 e. The van der Waals surface area contributed by atoms with Gasteiger partial charge in [-0.25, -0.2) is 0 Å². The number of nitrogens with one attached hydrogen (secondary N) is 1. The highest BCUT2D eigenvalue weighted by Crippen LogP contribution is 2.17. The van der Waals surface area contributed by atoms with Crippen LogP contribution < -0.4 is 5.32 Å². The maximum Gasteiger partial charge on any atom is 0.266 e. The number of allylic oxidation sites excluding steroid dienone is 2. The second-order valence-electron chi connectivity index (χ2n) is 17.6. The molecule has 57 heavy (non-hydrogen) atoms. The molecule has 7 nitrogen and oxygen atoms in total. The number of amides is 1. The third kappa shape index (κ3) is 43.0. The molecule has 4 N–H and O–H groups in total. The molecule has 340 valence electrons. The molecule has 0 aliphatic rings. The van der Waals surface area contributed by atoms with Crippen LogP contribution in [0.15, 0.2) is 12.2 Å². The van der Waals surface area contributed by atoms with E-state index in [0.717, 1.165) is 51.4 Å². The SMILES string of the molecule is CCCCCCCCCCCC/C=C\CCCCCCCCC(O)C(=O)NC(CS(=O)(=O)O)C(O)CCCCCCCCCCCCCCCCCCCCCC. The summed E-state index contributed by atoms with van der Waals surface area (Å²) < 4.78 is 32.8. The van der Waals surface area contributed by atoms with Crippen molar-refractivity contribution in [1.29, 1.82) is 0 Å². The van der Waals surface area contributed by atoms with Gasteiger partial charge in [-0.2, -0.15) is 8.42 Å². The van der Waals surface area contributed by atoms with Crippen LogP contribution in [-0.4, -0.2) is 53.1 Å². The van der Waals surface area contributed by atoms with Gasteiger partial charge in [0.2, 0.25) is 5.91 Å². The fourth-order valence-corrected chi connectivity index (χ4v) is 8.75. The Hall–Kier alpha value is -0.960. The molecular formula is C49H97NO6S. The Kier molecular flexibility index (Phi) is 42.4. The lowest BCUT2D eigenvalue weighted by Crippen LogP contribution is -2.50. The molecule has 0 saturated carbocycles. The molecule has 3 atom stereocenters. The second-order valence-corrected chi connectivity index (χ2v) is 19.1. The van der Waals surface area contributed by atoms with E-state index in [0.29, 0.717) is 19.3 Å². The summed E-state index contributed by atoms with van der Waals surface area (Å²) in [5, 5.41) is 23.7. The number of rotatable bonds is 46. The molecule has 0 aliphatic carbocycles. The lowest BCUT2D eigenvalue weighted by Gasteiger charge is -2.24. The normalized spacial score (nSPS) is 13.7. The van der Waals surface area contributed by atoms with Crippen molar-refractivity contribution >= 4 is 16.0 Å². The average Bonchev–Trinajstić information content (AvgIpc) is 3.18. The van der Waals surface area contributed by atoms with Gasteiger partial charge in [-0.1, -0.05) is 244 Å². The number of unbranched alkanes of at least 4 members (excludes halogenated alkanes) is 35. The van der Waals surface area contributed by atoms with Gasteiger partial charge >= 0.3 is 0 Å². The Morgan fingerprint density at radius 1 is 0.456 bits per heavy atom. The molecule has 0 spiro atoms. The highest BCUT2D eigenvalue weighted by molar-refractivity contribution is 7.85. The minimum absolute atomic E-state index is 0.293. The van der Waals surface area contributed by atoms with Crippen molar-refractivity contribution in [3.05, 3.63) is 12.2 Å². The van der Waals surface area contributed by atoms with Gasteiger partial charge in [0, 0.05) is 0 Å². The van der Waals surface area contributed by atoms with E-state index in [4.69, 9.17) is 0 Å². The lowest BCUT2D eigenvalue weighted by atomic mass is 10.0. The van der Waals surface area contributed by atoms with Gasteiger partial charge < -0.3 is 15.5 Å². The van der Waals surface area contributed by atoms with Crippen LogP contribution in [0.3, 0.4) is 0 Å². The molecule has 3 unspecified atom stereocenters. The number of aliphatic hydroxyl groups is 2. The first-order valence-corrected chi connectivity index (χ1v) is 26.6. The summed E-state index contributed by atoms with van der Waals surface area (Å²) in [4.78, 5) is 12.7. The maximum absolute atomic E-state index is 12.7. The Labute approximate surface area is 354 Å². The van der Waals surface area contributed by atoms with Gasteiger partial charge in [-0.15, -0.1) is 0 Å². The molecule has 0 aromatic carbocycles. The quantitative estimate of drug-likeness (QED) is 0.0275. The van der Waals surface area contributed by atoms with Crippen LogP contribution in [0.2, 0.25) is 0 Å². The molecular weight excluding hydrogens is 731 g/mol. The molecule has 0 radical (unpaired) electrons. The molecule has 0 fully saturated rings. The van der Waals surface area contributed by atoms with Gasteiger partial charge in [0.1, 0.15) is 6.10 Å². The average molecular weight is 828 g/mol. The van der Waals surface area contributed by atoms with E-state index in [1.807, 2.05) is 0 Å². The number of carbonyl (C=O) groups excluding carboxylic acids is 1. The molecule has 0 aromatic rings. The zero-order chi connectivity index (χ0) is 41.9. The van der Waals surface area contributed by atoms with Crippen molar-refractivity contribution in [3.63, 3.8) is 0 Å². The van der Waals surface area contributed by atoms with Gasteiger partial charge in [0.25, 0.3) is 10.1 Å². The van der Waals surface area contributed by atoms with Crippen LogP contribution in [0.4, 0.5) is 0 Å². The van der Waals surface area contributed by atoms with Crippen LogP contribution in [-0.2, 0) is 14.9 Å². The van der Waals surface area contributed by atoms with Crippen molar-refractivity contribution < 1.29 is 28.0 Å². The van der Waals surface area contributed by atoms with E-state index in [2.05, 4.69) is 31.3 Å². The molecule has 8 heteroatoms. The smallest absolute Gasteiger partial charge is 0.266 e. The predicted molar refractivity (Wildman–Crippen MR) is 246 cm³/mol. The van der Waals surface area contributed by atoms with E-state index in [9.17, 15) is 28.0 Å². The molecule has 0 heterocycles. The minimum atomic E-state index is -4.41. The Bertz CT molecular complexity index is 973. The summed E-state index contributed by atoms with van der Waals surface area (Å²) in [5.74, 6) is -1.45. The third-order valence-corrected chi connectivity index (χ3v) is 12.6. The van der Waals surface area contributed by atoms with Gasteiger partial charge in [0.05, 0.1) is 17.9 Å². The summed E-state index contributed by atoms with van der Waals surface area (Å²) in [6.45, 7) is 4.55. The standard InChI is InChI=1S/C49H97NO6S/c1-3-5-7-9-11-13-15-17-19-21-23-25-27-29-31-33-35-37-39-41-43-47(51)46(45-57(54,55)56)50-49(53)48(52)44-42-40-38-36-34-32-30-28-26-24-22-20-18-16-14-12-10-8-6-4-2/h26,28,46-48,51-52H,3-25,27,29-45H2,1-2H3,(H,50,53)(H,54,55,56)/b28-26-. The van der Waals surface area contributed by atoms with E-state index in [1.165, 1.54) is 186 Å². The van der Waals surface area contributed by atoms with Crippen LogP contribution in [0, 0.1) is 0 Å². The highest BCUT2D eigenvalue weighted by atomic mass is 32.2. The minimum Gasteiger partial charge on any atom is -0.391 e. The first-order chi connectivity index (χ1) is 27.7. The number of hydrogen-bond acceptors (Lipinski definition) is 5. The summed E-state index contributed by atoms with van der Waals surface area (Å²) >= 11 is 0. The number of hydrogen-bond donors (Lipinski definition) is 4. The van der Waals surface area contributed by atoms with Gasteiger partial charge in [-0.05, 0) is 38.5 Å². The second kappa shape index (κ2) is 43.1. The predicted octanol–water partition coefficient (Wildman–Crippen LogP) is 14.3. The Morgan fingerprint density at radius 2 is 0.737 bits per heavy atom. The van der Waals surface area contributed by atoms with E-state index >= 15 is 0 Å². The highest BCUT2D eigenvalue weighted by Gasteiger charge is 2.28. The monoisotopic (exact) mass is 828 g/mol. The first-order valence-electron chi connectivity index (χ1n) is 25.0. The van der Waals surface area contributed by atoms with E-state index in [-0.39, 0.29) is 0 Å². The number of aliphatic hydroxyl groups excluding tert-OH is 2. The van der Waals surface area contributed by atoms with Crippen LogP contribution in [0.25, 0.3) is 0 Å². The Morgan fingerprint density at radius 3 is 1.05 bits per heavy atom. The summed E-state index contributed by atoms with van der Waals surface area (Å²) in [7, 11) is -4.41. The fourth-order valence-electron chi connectivity index (χ4n) is 7.99. The fraction of sp³-hybridized carbons (Fsp3) is 0.939. The third-order valence-electron chi connectivity index (χ3n) is 11.8. The molecule has 0 rings (SSSR count). The molecule has 0 bridgehead atoms. The molecule has 0 aliphatic heterocycles. The van der Waals surface area contributed by atoms with Gasteiger partial charge in [-0.3, -0.25) is 9.35 Å². The Balaban J connectivity index is 3.86. The van der Waals surface area contributed by atoms with Crippen molar-refractivity contribution in [1.82, 2.24) is 5.32 Å². The van der Waals surface area contributed by atoms with Crippen molar-refractivity contribution in [2.75, 3.05) is 5.75 Å². The van der Waals surface area contributed by atoms with Crippen LogP contribution in [0.5, 0.6) is 0 Å². The molecule has 1 amide bonds. The molecule has 0 aromatic heterocycles. The summed E-state index contributed by atoms with van der Waals surface area (Å²) in [6.07, 6.45) is 50.9. The van der Waals surface area contributed by atoms with Crippen LogP contribution in [0.1, 0.15) is 271 Å². The van der Waals surface area contributed by atoms with Crippen molar-refractivity contribution in [3.8, 4) is 0 Å². The number of carbonyl (C=O) groups is 1. The maximum atomic E-state index is 12.7. The molecule has 0 saturated heterocycles. The van der Waals surface area contributed by atoms with Crippen molar-refractivity contribution in [2.24, 2.45) is 0 Å². The zero-order valence-corrected chi connectivity index (χ0v) is 38.7. The van der Waals surface area contributed by atoms with Crippen LogP contribution >= 0.6 is 0 Å². The lowest BCUT2D eigenvalue weighted by molar-refractivity contribution is -0.131. The first kappa shape index (κ1) is 56.0. The topological polar surface area (TPSA) is 124 Å². The zero-order valence-electron chi connectivity index (χ0n) is 37.9. The summed E-state index contributed by atoms with van der Waals surface area (Å²) in [6, 6.07) is -1.15. The van der Waals surface area contributed by atoms with Crippen molar-refractivity contribution in [2.45, 2.75) is 289 Å².